The smallest absolute Gasteiger partial charge is 0.260 e. The zero-order valence-corrected chi connectivity index (χ0v) is 11.3. The van der Waals surface area contributed by atoms with Gasteiger partial charge in [-0.1, -0.05) is 0 Å². The summed E-state index contributed by atoms with van der Waals surface area (Å²) in [6.45, 7) is 2.59. The summed E-state index contributed by atoms with van der Waals surface area (Å²) in [7, 11) is 0. The van der Waals surface area contributed by atoms with Crippen molar-refractivity contribution in [1.82, 2.24) is 4.90 Å². The predicted molar refractivity (Wildman–Crippen MR) is 72.1 cm³/mol. The Labute approximate surface area is 117 Å². The third-order valence-electron chi connectivity index (χ3n) is 3.09. The molecular formula is C14H19FN2O3. The number of nitrogens with two attached hydrogens (primary N) is 1. The molecule has 0 aromatic heterocycles. The van der Waals surface area contributed by atoms with Crippen LogP contribution in [0.1, 0.15) is 5.56 Å². The third kappa shape index (κ3) is 4.18. The number of halogens is 1. The molecular weight excluding hydrogens is 263 g/mol. The predicted octanol–water partition coefficient (Wildman–Crippen LogP) is 0.564. The molecule has 2 N–H and O–H groups in total. The first kappa shape index (κ1) is 14.7. The van der Waals surface area contributed by atoms with E-state index in [2.05, 4.69) is 0 Å². The number of ether oxygens (including phenoxy) is 2. The number of hydrogen-bond donors (Lipinski definition) is 1. The summed E-state index contributed by atoms with van der Waals surface area (Å²) in [4.78, 5) is 13.6. The normalized spacial score (nSPS) is 15.2. The van der Waals surface area contributed by atoms with Gasteiger partial charge in [0.25, 0.3) is 5.91 Å². The second-order valence-electron chi connectivity index (χ2n) is 4.62. The molecule has 0 bridgehead atoms. The minimum absolute atomic E-state index is 0.0917. The molecule has 1 aliphatic rings. The monoisotopic (exact) mass is 282 g/mol. The van der Waals surface area contributed by atoms with E-state index in [0.717, 1.165) is 5.56 Å². The quantitative estimate of drug-likeness (QED) is 0.857. The minimum Gasteiger partial charge on any atom is -0.484 e. The third-order valence-corrected chi connectivity index (χ3v) is 3.09. The van der Waals surface area contributed by atoms with E-state index in [9.17, 15) is 9.18 Å². The first-order valence-electron chi connectivity index (χ1n) is 6.67. The number of rotatable bonds is 5. The first-order valence-corrected chi connectivity index (χ1v) is 6.67. The fourth-order valence-corrected chi connectivity index (χ4v) is 2.06. The molecule has 0 atom stereocenters. The van der Waals surface area contributed by atoms with Crippen LogP contribution in [0.4, 0.5) is 4.39 Å². The Morgan fingerprint density at radius 3 is 2.80 bits per heavy atom. The van der Waals surface area contributed by atoms with E-state index in [-0.39, 0.29) is 18.3 Å². The van der Waals surface area contributed by atoms with E-state index in [1.807, 2.05) is 0 Å². The number of carbonyl (C=O) groups is 1. The number of hydrogen-bond acceptors (Lipinski definition) is 4. The van der Waals surface area contributed by atoms with Gasteiger partial charge in [0.05, 0.1) is 13.2 Å². The lowest BCUT2D eigenvalue weighted by molar-refractivity contribution is -0.137. The van der Waals surface area contributed by atoms with Gasteiger partial charge in [-0.05, 0) is 30.7 Å². The van der Waals surface area contributed by atoms with Crippen LogP contribution >= 0.6 is 0 Å². The zero-order valence-electron chi connectivity index (χ0n) is 11.3. The lowest BCUT2D eigenvalue weighted by Gasteiger charge is -2.26. The Kier molecular flexibility index (Phi) is 5.31. The van der Waals surface area contributed by atoms with Crippen LogP contribution < -0.4 is 10.5 Å². The first-order chi connectivity index (χ1) is 9.69. The fourth-order valence-electron chi connectivity index (χ4n) is 2.06. The van der Waals surface area contributed by atoms with Crippen LogP contribution in [0.5, 0.6) is 5.75 Å². The van der Waals surface area contributed by atoms with Crippen molar-refractivity contribution in [2.45, 2.75) is 6.42 Å². The molecule has 1 heterocycles. The maximum Gasteiger partial charge on any atom is 0.260 e. The maximum absolute atomic E-state index is 13.4. The average molecular weight is 282 g/mol. The zero-order chi connectivity index (χ0) is 14.4. The van der Waals surface area contributed by atoms with Crippen LogP contribution in [-0.2, 0) is 16.0 Å². The lowest BCUT2D eigenvalue weighted by atomic mass is 10.1. The number of morpholine rings is 1. The van der Waals surface area contributed by atoms with Crippen molar-refractivity contribution in [1.29, 1.82) is 0 Å². The van der Waals surface area contributed by atoms with E-state index in [1.54, 1.807) is 11.0 Å². The van der Waals surface area contributed by atoms with Crippen molar-refractivity contribution >= 4 is 5.91 Å². The Morgan fingerprint density at radius 2 is 2.10 bits per heavy atom. The second kappa shape index (κ2) is 7.21. The van der Waals surface area contributed by atoms with Crippen molar-refractivity contribution in [3.63, 3.8) is 0 Å². The molecule has 6 heteroatoms. The van der Waals surface area contributed by atoms with Crippen LogP contribution in [0.2, 0.25) is 0 Å². The highest BCUT2D eigenvalue weighted by Gasteiger charge is 2.17. The van der Waals surface area contributed by atoms with Crippen molar-refractivity contribution in [3.05, 3.63) is 29.6 Å². The van der Waals surface area contributed by atoms with Gasteiger partial charge in [0.1, 0.15) is 11.6 Å². The molecule has 110 valence electrons. The summed E-state index contributed by atoms with van der Waals surface area (Å²) in [6.07, 6.45) is 0.575. The van der Waals surface area contributed by atoms with Crippen LogP contribution in [-0.4, -0.2) is 50.3 Å². The number of nitrogens with zero attached hydrogens (tertiary/aromatic N) is 1. The van der Waals surface area contributed by atoms with Crippen LogP contribution in [0.15, 0.2) is 18.2 Å². The standard InChI is InChI=1S/C14H19FN2O3/c15-12-7-11(1-2-16)8-13(9-12)20-10-14(18)17-3-5-19-6-4-17/h7-9H,1-6,10,16H2. The van der Waals surface area contributed by atoms with Gasteiger partial charge in [0, 0.05) is 19.2 Å². The van der Waals surface area contributed by atoms with Gasteiger partial charge in [-0.3, -0.25) is 4.79 Å². The molecule has 0 aliphatic carbocycles. The van der Waals surface area contributed by atoms with Crippen LogP contribution in [0.25, 0.3) is 0 Å². The van der Waals surface area contributed by atoms with Crippen molar-refractivity contribution < 1.29 is 18.7 Å². The van der Waals surface area contributed by atoms with Gasteiger partial charge in [0.2, 0.25) is 0 Å². The van der Waals surface area contributed by atoms with E-state index in [1.165, 1.54) is 12.1 Å². The second-order valence-corrected chi connectivity index (χ2v) is 4.62. The van der Waals surface area contributed by atoms with Crippen LogP contribution in [0.3, 0.4) is 0 Å². The molecule has 0 unspecified atom stereocenters. The summed E-state index contributed by atoms with van der Waals surface area (Å²) in [5.41, 5.74) is 6.21. The minimum atomic E-state index is -0.384. The van der Waals surface area contributed by atoms with Crippen molar-refractivity contribution in [3.8, 4) is 5.75 Å². The fraction of sp³-hybridized carbons (Fsp3) is 0.500. The van der Waals surface area contributed by atoms with E-state index in [4.69, 9.17) is 15.2 Å². The molecule has 0 radical (unpaired) electrons. The highest BCUT2D eigenvalue weighted by molar-refractivity contribution is 5.77. The van der Waals surface area contributed by atoms with E-state index in [0.29, 0.717) is 45.0 Å². The summed E-state index contributed by atoms with van der Waals surface area (Å²) < 4.78 is 23.9. The molecule has 1 fully saturated rings. The Morgan fingerprint density at radius 1 is 1.35 bits per heavy atom. The molecule has 0 saturated carbocycles. The van der Waals surface area contributed by atoms with Crippen LogP contribution in [0, 0.1) is 5.82 Å². The molecule has 1 aromatic rings. The molecule has 5 nitrogen and oxygen atoms in total. The number of benzene rings is 1. The highest BCUT2D eigenvalue weighted by Crippen LogP contribution is 2.17. The molecule has 0 spiro atoms. The average Bonchev–Trinajstić information content (AvgIpc) is 2.45. The molecule has 2 rings (SSSR count). The summed E-state index contributed by atoms with van der Waals surface area (Å²) in [5.74, 6) is -0.141. The van der Waals surface area contributed by atoms with Crippen molar-refractivity contribution in [2.75, 3.05) is 39.5 Å². The Hall–Kier alpha value is -1.66. The summed E-state index contributed by atoms with van der Waals surface area (Å²) in [5, 5.41) is 0. The maximum atomic E-state index is 13.4. The molecule has 1 aromatic carbocycles. The summed E-state index contributed by atoms with van der Waals surface area (Å²) in [6, 6.07) is 4.40. The molecule has 1 amide bonds. The molecule has 1 saturated heterocycles. The molecule has 1 aliphatic heterocycles. The number of amides is 1. The van der Waals surface area contributed by atoms with Gasteiger partial charge < -0.3 is 20.1 Å². The highest BCUT2D eigenvalue weighted by atomic mass is 19.1. The largest absolute Gasteiger partial charge is 0.484 e. The topological polar surface area (TPSA) is 64.8 Å². The van der Waals surface area contributed by atoms with Gasteiger partial charge in [-0.15, -0.1) is 0 Å². The van der Waals surface area contributed by atoms with E-state index < -0.39 is 0 Å². The Bertz CT molecular complexity index is 462. The van der Waals surface area contributed by atoms with Gasteiger partial charge in [-0.25, -0.2) is 4.39 Å². The SMILES string of the molecule is NCCc1cc(F)cc(OCC(=O)N2CCOCC2)c1. The Balaban J connectivity index is 1.90. The van der Waals surface area contributed by atoms with E-state index >= 15 is 0 Å². The number of carbonyl (C=O) groups excluding carboxylic acids is 1. The lowest BCUT2D eigenvalue weighted by Crippen LogP contribution is -2.42. The molecule has 20 heavy (non-hydrogen) atoms. The van der Waals surface area contributed by atoms with Gasteiger partial charge in [-0.2, -0.15) is 0 Å². The summed E-state index contributed by atoms with van der Waals surface area (Å²) >= 11 is 0. The van der Waals surface area contributed by atoms with Gasteiger partial charge in [0.15, 0.2) is 6.61 Å². The van der Waals surface area contributed by atoms with Gasteiger partial charge >= 0.3 is 0 Å². The van der Waals surface area contributed by atoms with Crippen molar-refractivity contribution in [2.24, 2.45) is 5.73 Å².